The number of aliphatic hydroxyl groups is 1. The van der Waals surface area contributed by atoms with Gasteiger partial charge in [0.1, 0.15) is 11.5 Å². The Morgan fingerprint density at radius 1 is 0.947 bits per heavy atom. The number of Topliss-reactive ketones (excluding diaryl/α,β-unsaturated/α-hetero) is 1. The summed E-state index contributed by atoms with van der Waals surface area (Å²) >= 11 is 0. The molecule has 0 aromatic heterocycles. The van der Waals surface area contributed by atoms with Crippen LogP contribution >= 0.6 is 0 Å². The van der Waals surface area contributed by atoms with Crippen LogP contribution in [0.4, 0.5) is 11.4 Å². The standard InChI is InChI=1S/C30H30N2O6/c1-18(2)38-24-16-14-22(15-17-24)31-26(19-6-10-21(11-7-19)30(3,4)5)25(28(34)29(31)35)27(33)20-8-12-23(13-9-20)32(36)37/h6-18,26,33H,1-5H3/b27-25-. The van der Waals surface area contributed by atoms with E-state index in [1.54, 1.807) is 24.3 Å². The van der Waals surface area contributed by atoms with Crippen molar-refractivity contribution in [3.8, 4) is 5.75 Å². The third-order valence-corrected chi connectivity index (χ3v) is 6.38. The number of aliphatic hydroxyl groups excluding tert-OH is 1. The number of nitro benzene ring substituents is 1. The van der Waals surface area contributed by atoms with Crippen LogP contribution in [-0.4, -0.2) is 27.8 Å². The van der Waals surface area contributed by atoms with Crippen molar-refractivity contribution < 1.29 is 24.4 Å². The summed E-state index contributed by atoms with van der Waals surface area (Å²) in [5.41, 5.74) is 2.04. The molecule has 1 fully saturated rings. The molecule has 0 saturated carbocycles. The number of ether oxygens (including phenoxy) is 1. The molecule has 8 heteroatoms. The first-order valence-electron chi connectivity index (χ1n) is 12.3. The molecule has 1 unspecified atom stereocenters. The Bertz CT molecular complexity index is 1400. The molecule has 1 aliphatic rings. The maximum atomic E-state index is 13.4. The van der Waals surface area contributed by atoms with Gasteiger partial charge < -0.3 is 9.84 Å². The van der Waals surface area contributed by atoms with Crippen LogP contribution in [0.5, 0.6) is 5.75 Å². The number of hydrogen-bond acceptors (Lipinski definition) is 6. The predicted octanol–water partition coefficient (Wildman–Crippen LogP) is 6.31. The minimum Gasteiger partial charge on any atom is -0.507 e. The van der Waals surface area contributed by atoms with Gasteiger partial charge in [0.15, 0.2) is 0 Å². The Morgan fingerprint density at radius 2 is 1.53 bits per heavy atom. The summed E-state index contributed by atoms with van der Waals surface area (Å²) in [6.07, 6.45) is -0.0295. The van der Waals surface area contributed by atoms with Crippen molar-refractivity contribution in [2.45, 2.75) is 52.2 Å². The molecule has 0 radical (unpaired) electrons. The molecule has 3 aromatic carbocycles. The van der Waals surface area contributed by atoms with Crippen molar-refractivity contribution in [2.75, 3.05) is 4.90 Å². The van der Waals surface area contributed by atoms with E-state index in [2.05, 4.69) is 20.8 Å². The zero-order valence-electron chi connectivity index (χ0n) is 22.0. The number of nitro groups is 1. The van der Waals surface area contributed by atoms with Crippen LogP contribution in [-0.2, 0) is 15.0 Å². The second-order valence-electron chi connectivity index (χ2n) is 10.5. The summed E-state index contributed by atoms with van der Waals surface area (Å²) in [7, 11) is 0. The lowest BCUT2D eigenvalue weighted by atomic mass is 9.85. The number of anilines is 1. The lowest BCUT2D eigenvalue weighted by Crippen LogP contribution is -2.29. The molecule has 0 bridgehead atoms. The Hall–Kier alpha value is -4.46. The van der Waals surface area contributed by atoms with Crippen molar-refractivity contribution in [3.05, 3.63) is 105 Å². The number of carbonyl (C=O) groups excluding carboxylic acids is 2. The Morgan fingerprint density at radius 3 is 2.03 bits per heavy atom. The number of rotatable bonds is 6. The van der Waals surface area contributed by atoms with Crippen LogP contribution in [0.25, 0.3) is 5.76 Å². The van der Waals surface area contributed by atoms with Crippen LogP contribution in [0.3, 0.4) is 0 Å². The van der Waals surface area contributed by atoms with Gasteiger partial charge in [-0.2, -0.15) is 0 Å². The van der Waals surface area contributed by atoms with Crippen LogP contribution < -0.4 is 9.64 Å². The van der Waals surface area contributed by atoms with E-state index >= 15 is 0 Å². The molecule has 196 valence electrons. The highest BCUT2D eigenvalue weighted by Crippen LogP contribution is 2.43. The first kappa shape index (κ1) is 26.6. The van der Waals surface area contributed by atoms with Gasteiger partial charge in [-0.25, -0.2) is 0 Å². The van der Waals surface area contributed by atoms with Gasteiger partial charge in [0.25, 0.3) is 17.4 Å². The molecule has 3 aromatic rings. The van der Waals surface area contributed by atoms with Gasteiger partial charge in [-0.3, -0.25) is 24.6 Å². The fourth-order valence-corrected chi connectivity index (χ4v) is 4.43. The zero-order chi connectivity index (χ0) is 27.8. The molecule has 1 aliphatic heterocycles. The second kappa shape index (κ2) is 10.1. The molecule has 1 saturated heterocycles. The highest BCUT2D eigenvalue weighted by Gasteiger charge is 2.47. The van der Waals surface area contributed by atoms with Crippen molar-refractivity contribution in [1.82, 2.24) is 0 Å². The lowest BCUT2D eigenvalue weighted by molar-refractivity contribution is -0.384. The normalized spacial score (nSPS) is 17.2. The Kier molecular flexibility index (Phi) is 7.09. The van der Waals surface area contributed by atoms with Crippen molar-refractivity contribution in [2.24, 2.45) is 0 Å². The summed E-state index contributed by atoms with van der Waals surface area (Å²) in [6.45, 7) is 10.1. The molecule has 38 heavy (non-hydrogen) atoms. The SMILES string of the molecule is CC(C)Oc1ccc(N2C(=O)C(=O)/C(=C(\O)c3ccc([N+](=O)[O-])cc3)C2c2ccc(C(C)(C)C)cc2)cc1. The summed E-state index contributed by atoms with van der Waals surface area (Å²) < 4.78 is 5.71. The van der Waals surface area contributed by atoms with E-state index < -0.39 is 28.4 Å². The molecule has 1 heterocycles. The second-order valence-corrected chi connectivity index (χ2v) is 10.5. The summed E-state index contributed by atoms with van der Waals surface area (Å²) in [5.74, 6) is -1.40. The van der Waals surface area contributed by atoms with Gasteiger partial charge in [-0.1, -0.05) is 45.0 Å². The van der Waals surface area contributed by atoms with Crippen molar-refractivity contribution in [1.29, 1.82) is 0 Å². The number of ketones is 1. The molecule has 8 nitrogen and oxygen atoms in total. The number of hydrogen-bond donors (Lipinski definition) is 1. The maximum absolute atomic E-state index is 13.4. The van der Waals surface area contributed by atoms with Gasteiger partial charge in [0.05, 0.1) is 22.6 Å². The fraction of sp³-hybridized carbons (Fsp3) is 0.267. The topological polar surface area (TPSA) is 110 Å². The molecular weight excluding hydrogens is 484 g/mol. The first-order chi connectivity index (χ1) is 17.9. The van der Waals surface area contributed by atoms with E-state index in [0.717, 1.165) is 5.56 Å². The predicted molar refractivity (Wildman–Crippen MR) is 145 cm³/mol. The smallest absolute Gasteiger partial charge is 0.300 e. The minimum absolute atomic E-state index is 0.0295. The van der Waals surface area contributed by atoms with Gasteiger partial charge in [0.2, 0.25) is 0 Å². The molecule has 1 N–H and O–H groups in total. The van der Waals surface area contributed by atoms with Crippen LogP contribution in [0.1, 0.15) is 57.4 Å². The molecule has 1 atom stereocenters. The van der Waals surface area contributed by atoms with Gasteiger partial charge in [-0.05, 0) is 66.8 Å². The highest BCUT2D eigenvalue weighted by atomic mass is 16.6. The Labute approximate surface area is 221 Å². The maximum Gasteiger partial charge on any atom is 0.300 e. The summed E-state index contributed by atoms with van der Waals surface area (Å²) in [4.78, 5) is 38.6. The average Bonchev–Trinajstić information content (AvgIpc) is 3.13. The van der Waals surface area contributed by atoms with E-state index in [1.165, 1.54) is 29.2 Å². The van der Waals surface area contributed by atoms with Crippen molar-refractivity contribution in [3.63, 3.8) is 0 Å². The van der Waals surface area contributed by atoms with Gasteiger partial charge in [-0.15, -0.1) is 0 Å². The Balaban J connectivity index is 1.86. The van der Waals surface area contributed by atoms with Crippen LogP contribution in [0.15, 0.2) is 78.4 Å². The minimum atomic E-state index is -0.906. The quantitative estimate of drug-likeness (QED) is 0.136. The van der Waals surface area contributed by atoms with E-state index in [0.29, 0.717) is 17.0 Å². The lowest BCUT2D eigenvalue weighted by Gasteiger charge is -2.27. The number of nitrogens with zero attached hydrogens (tertiary/aromatic N) is 2. The number of carbonyl (C=O) groups is 2. The highest BCUT2D eigenvalue weighted by molar-refractivity contribution is 6.51. The number of benzene rings is 3. The van der Waals surface area contributed by atoms with Gasteiger partial charge >= 0.3 is 0 Å². The summed E-state index contributed by atoms with van der Waals surface area (Å²) in [6, 6.07) is 18.7. The van der Waals surface area contributed by atoms with Crippen LogP contribution in [0.2, 0.25) is 0 Å². The molecule has 1 amide bonds. The van der Waals surface area contributed by atoms with Gasteiger partial charge in [0, 0.05) is 23.4 Å². The van der Waals surface area contributed by atoms with E-state index in [4.69, 9.17) is 4.74 Å². The fourth-order valence-electron chi connectivity index (χ4n) is 4.43. The molecule has 0 spiro atoms. The largest absolute Gasteiger partial charge is 0.507 e. The third kappa shape index (κ3) is 5.16. The average molecular weight is 515 g/mol. The number of amides is 1. The number of non-ortho nitro benzene ring substituents is 1. The molecule has 0 aliphatic carbocycles. The monoisotopic (exact) mass is 514 g/mol. The van der Waals surface area contributed by atoms with Crippen molar-refractivity contribution >= 4 is 28.8 Å². The van der Waals surface area contributed by atoms with E-state index in [9.17, 15) is 24.8 Å². The summed E-state index contributed by atoms with van der Waals surface area (Å²) in [5, 5.41) is 22.3. The van der Waals surface area contributed by atoms with Crippen LogP contribution in [0, 0.1) is 10.1 Å². The molecule has 4 rings (SSSR count). The molecular formula is C30H30N2O6. The first-order valence-corrected chi connectivity index (χ1v) is 12.3. The van der Waals surface area contributed by atoms with E-state index in [-0.39, 0.29) is 28.3 Å². The van der Waals surface area contributed by atoms with E-state index in [1.807, 2.05) is 38.1 Å². The third-order valence-electron chi connectivity index (χ3n) is 6.38. The zero-order valence-corrected chi connectivity index (χ0v) is 22.0.